The number of piperazine rings is 1. The van der Waals surface area contributed by atoms with Crippen molar-refractivity contribution in [2.75, 3.05) is 59.0 Å². The Kier molecular flexibility index (Phi) is 7.25. The van der Waals surface area contributed by atoms with E-state index in [1.165, 1.54) is 0 Å². The van der Waals surface area contributed by atoms with E-state index in [-0.39, 0.29) is 18.2 Å². The highest BCUT2D eigenvalue weighted by atomic mass is 16.5. The van der Waals surface area contributed by atoms with E-state index in [1.54, 1.807) is 32.4 Å². The number of anilines is 1. The second-order valence-electron chi connectivity index (χ2n) is 8.30. The van der Waals surface area contributed by atoms with Crippen LogP contribution in [0.2, 0.25) is 0 Å². The molecule has 0 atom stereocenters. The Hall–Kier alpha value is -3.68. The Labute approximate surface area is 200 Å². The Morgan fingerprint density at radius 1 is 0.912 bits per heavy atom. The van der Waals surface area contributed by atoms with Crippen molar-refractivity contribution in [1.82, 2.24) is 9.80 Å². The summed E-state index contributed by atoms with van der Waals surface area (Å²) in [5.74, 6) is 2.08. The first-order chi connectivity index (χ1) is 16.5. The molecule has 0 aromatic heterocycles. The second kappa shape index (κ2) is 10.5. The average molecular weight is 466 g/mol. The molecular formula is C26H31N3O5. The van der Waals surface area contributed by atoms with Gasteiger partial charge in [-0.15, -0.1) is 0 Å². The number of nitrogens with zero attached hydrogens (tertiary/aromatic N) is 3. The van der Waals surface area contributed by atoms with Gasteiger partial charge in [-0.2, -0.15) is 0 Å². The van der Waals surface area contributed by atoms with E-state index in [2.05, 4.69) is 4.90 Å². The summed E-state index contributed by atoms with van der Waals surface area (Å²) in [6, 6.07) is 11.7. The lowest BCUT2D eigenvalue weighted by Gasteiger charge is -2.36. The van der Waals surface area contributed by atoms with Gasteiger partial charge in [-0.25, -0.2) is 0 Å². The summed E-state index contributed by atoms with van der Waals surface area (Å²) in [5.41, 5.74) is 2.91. The molecular weight excluding hydrogens is 434 g/mol. The predicted molar refractivity (Wildman–Crippen MR) is 130 cm³/mol. The molecule has 0 saturated carbocycles. The van der Waals surface area contributed by atoms with E-state index >= 15 is 0 Å². The smallest absolute Gasteiger partial charge is 0.230 e. The van der Waals surface area contributed by atoms with Gasteiger partial charge in [0.15, 0.2) is 11.5 Å². The highest BCUT2D eigenvalue weighted by Gasteiger charge is 2.24. The molecule has 2 heterocycles. The minimum atomic E-state index is -0.0423. The first-order valence-corrected chi connectivity index (χ1v) is 11.4. The molecule has 0 spiro atoms. The van der Waals surface area contributed by atoms with Crippen LogP contribution in [0.4, 0.5) is 5.69 Å². The van der Waals surface area contributed by atoms with Crippen molar-refractivity contribution in [3.05, 3.63) is 53.7 Å². The Balaban J connectivity index is 1.31. The van der Waals surface area contributed by atoms with Crippen LogP contribution in [0.1, 0.15) is 17.5 Å². The molecule has 0 radical (unpaired) electrons. The SMILES string of the molecule is COc1ccc(N2CCN(C(=O)CCN3C=Cc4cc(OC)c(OC)cc4CC3=O)CC2)cc1. The van der Waals surface area contributed by atoms with Crippen molar-refractivity contribution in [2.24, 2.45) is 0 Å². The summed E-state index contributed by atoms with van der Waals surface area (Å²) in [4.78, 5) is 31.5. The van der Waals surface area contributed by atoms with Crippen molar-refractivity contribution in [3.63, 3.8) is 0 Å². The largest absolute Gasteiger partial charge is 0.497 e. The lowest BCUT2D eigenvalue weighted by Crippen LogP contribution is -2.49. The minimum absolute atomic E-state index is 0.0423. The molecule has 180 valence electrons. The van der Waals surface area contributed by atoms with E-state index in [4.69, 9.17) is 14.2 Å². The highest BCUT2D eigenvalue weighted by molar-refractivity contribution is 5.85. The van der Waals surface area contributed by atoms with Crippen LogP contribution in [0.15, 0.2) is 42.6 Å². The third kappa shape index (κ3) is 5.11. The van der Waals surface area contributed by atoms with Crippen molar-refractivity contribution in [2.45, 2.75) is 12.8 Å². The van der Waals surface area contributed by atoms with Crippen molar-refractivity contribution in [3.8, 4) is 17.2 Å². The van der Waals surface area contributed by atoms with Crippen LogP contribution in [0, 0.1) is 0 Å². The fraction of sp³-hybridized carbons (Fsp3) is 0.385. The van der Waals surface area contributed by atoms with E-state index in [1.807, 2.05) is 47.4 Å². The molecule has 1 fully saturated rings. The molecule has 2 aromatic carbocycles. The van der Waals surface area contributed by atoms with Gasteiger partial charge in [0.25, 0.3) is 0 Å². The fourth-order valence-electron chi connectivity index (χ4n) is 4.34. The predicted octanol–water partition coefficient (Wildman–Crippen LogP) is 2.81. The van der Waals surface area contributed by atoms with E-state index in [0.29, 0.717) is 37.6 Å². The number of ether oxygens (including phenoxy) is 3. The minimum Gasteiger partial charge on any atom is -0.497 e. The molecule has 4 rings (SSSR count). The van der Waals surface area contributed by atoms with Crippen LogP contribution < -0.4 is 19.1 Å². The molecule has 8 nitrogen and oxygen atoms in total. The summed E-state index contributed by atoms with van der Waals surface area (Å²) >= 11 is 0. The number of carbonyl (C=O) groups is 2. The lowest BCUT2D eigenvalue weighted by molar-refractivity contribution is -0.133. The van der Waals surface area contributed by atoms with Crippen LogP contribution in [-0.4, -0.2) is 75.7 Å². The van der Waals surface area contributed by atoms with Crippen LogP contribution in [0.5, 0.6) is 17.2 Å². The van der Waals surface area contributed by atoms with Gasteiger partial charge >= 0.3 is 0 Å². The van der Waals surface area contributed by atoms with Crippen LogP contribution in [-0.2, 0) is 16.0 Å². The number of carbonyl (C=O) groups excluding carboxylic acids is 2. The summed E-state index contributed by atoms with van der Waals surface area (Å²) in [5, 5.41) is 0. The molecule has 1 saturated heterocycles. The third-order valence-electron chi connectivity index (χ3n) is 6.38. The Morgan fingerprint density at radius 3 is 2.24 bits per heavy atom. The van der Waals surface area contributed by atoms with E-state index in [9.17, 15) is 9.59 Å². The van der Waals surface area contributed by atoms with E-state index in [0.717, 1.165) is 35.7 Å². The molecule has 0 N–H and O–H groups in total. The number of hydrogen-bond donors (Lipinski definition) is 0. The number of rotatable bonds is 7. The van der Waals surface area contributed by atoms with Gasteiger partial charge in [0.2, 0.25) is 11.8 Å². The molecule has 0 unspecified atom stereocenters. The number of amides is 2. The van der Waals surface area contributed by atoms with E-state index < -0.39 is 0 Å². The lowest BCUT2D eigenvalue weighted by atomic mass is 10.0. The molecule has 0 aliphatic carbocycles. The molecule has 2 aliphatic heterocycles. The Bertz CT molecular complexity index is 1060. The maximum atomic E-state index is 12.8. The summed E-state index contributed by atoms with van der Waals surface area (Å²) < 4.78 is 16.0. The van der Waals surface area contributed by atoms with Gasteiger partial charge < -0.3 is 28.9 Å². The molecule has 2 aliphatic rings. The summed E-state index contributed by atoms with van der Waals surface area (Å²) in [6.07, 6.45) is 4.19. The zero-order valence-electron chi connectivity index (χ0n) is 20.0. The van der Waals surface area contributed by atoms with Gasteiger partial charge in [-0.05, 0) is 53.6 Å². The maximum absolute atomic E-state index is 12.8. The van der Waals surface area contributed by atoms with Crippen LogP contribution in [0.25, 0.3) is 6.08 Å². The van der Waals surface area contributed by atoms with Crippen LogP contribution in [0.3, 0.4) is 0 Å². The maximum Gasteiger partial charge on any atom is 0.230 e. The molecule has 0 bridgehead atoms. The van der Waals surface area contributed by atoms with Gasteiger partial charge in [0, 0.05) is 51.0 Å². The standard InChI is InChI=1S/C26H31N3O5/c1-32-22-6-4-21(5-7-22)27-12-14-29(15-13-27)25(30)9-11-28-10-8-19-16-23(33-2)24(34-3)17-20(19)18-26(28)31/h4-8,10,16-17H,9,11-15,18H2,1-3H3. The normalized spacial score (nSPS) is 15.6. The number of hydrogen-bond acceptors (Lipinski definition) is 6. The van der Waals surface area contributed by atoms with Crippen molar-refractivity contribution in [1.29, 1.82) is 0 Å². The first kappa shape index (κ1) is 23.5. The molecule has 2 amide bonds. The van der Waals surface area contributed by atoms with Gasteiger partial charge in [0.1, 0.15) is 5.75 Å². The average Bonchev–Trinajstić information content (AvgIpc) is 3.03. The zero-order valence-corrected chi connectivity index (χ0v) is 20.0. The third-order valence-corrected chi connectivity index (χ3v) is 6.38. The number of fused-ring (bicyclic) bond motifs is 1. The number of methoxy groups -OCH3 is 3. The molecule has 34 heavy (non-hydrogen) atoms. The zero-order chi connectivity index (χ0) is 24.1. The molecule has 2 aromatic rings. The second-order valence-corrected chi connectivity index (χ2v) is 8.30. The summed E-state index contributed by atoms with van der Waals surface area (Å²) in [6.45, 7) is 3.24. The first-order valence-electron chi connectivity index (χ1n) is 11.4. The monoisotopic (exact) mass is 465 g/mol. The van der Waals surface area contributed by atoms with Gasteiger partial charge in [-0.3, -0.25) is 9.59 Å². The van der Waals surface area contributed by atoms with Crippen LogP contribution >= 0.6 is 0 Å². The Morgan fingerprint density at radius 2 is 1.59 bits per heavy atom. The highest BCUT2D eigenvalue weighted by Crippen LogP contribution is 2.32. The summed E-state index contributed by atoms with van der Waals surface area (Å²) in [7, 11) is 4.82. The fourth-order valence-corrected chi connectivity index (χ4v) is 4.34. The van der Waals surface area contributed by atoms with Gasteiger partial charge in [0.05, 0.1) is 27.8 Å². The van der Waals surface area contributed by atoms with Crippen molar-refractivity contribution >= 4 is 23.6 Å². The topological polar surface area (TPSA) is 71.6 Å². The van der Waals surface area contributed by atoms with Gasteiger partial charge in [-0.1, -0.05) is 0 Å². The number of benzene rings is 2. The molecule has 8 heteroatoms. The van der Waals surface area contributed by atoms with Crippen molar-refractivity contribution < 1.29 is 23.8 Å². The quantitative estimate of drug-likeness (QED) is 0.626.